The summed E-state index contributed by atoms with van der Waals surface area (Å²) in [5.41, 5.74) is 2.80. The Kier molecular flexibility index (Phi) is 7.92. The average Bonchev–Trinajstić information content (AvgIpc) is 2.87. The minimum Gasteiger partial charge on any atom is -0.463 e. The summed E-state index contributed by atoms with van der Waals surface area (Å²) in [5.74, 6) is -1.35. The van der Waals surface area contributed by atoms with Crippen LogP contribution in [0, 0.1) is 12.7 Å². The van der Waals surface area contributed by atoms with Crippen molar-refractivity contribution in [2.75, 3.05) is 39.8 Å². The standard InChI is InChI=1S/C28H33FN4O4/c1-5-37-27(35)24-23(31(4)28(36)30-25(24)20-11-7-6-10-18(20)2)17-32-14-15-33(19(3)16-32)26(34)21-12-8-9-13-22(21)29/h6-13,19,25H,5,14-17H2,1-4H3,(H,30,36)/t19-,25+/m0/s1. The van der Waals surface area contributed by atoms with E-state index in [-0.39, 0.29) is 30.2 Å². The van der Waals surface area contributed by atoms with Gasteiger partial charge in [-0.05, 0) is 44.0 Å². The van der Waals surface area contributed by atoms with Gasteiger partial charge in [-0.1, -0.05) is 36.4 Å². The molecule has 2 aliphatic rings. The molecule has 0 saturated carbocycles. The fraction of sp³-hybridized carbons (Fsp3) is 0.393. The van der Waals surface area contributed by atoms with Crippen molar-refractivity contribution >= 4 is 17.9 Å². The lowest BCUT2D eigenvalue weighted by Crippen LogP contribution is -2.56. The fourth-order valence-electron chi connectivity index (χ4n) is 5.02. The third-order valence-electron chi connectivity index (χ3n) is 7.02. The summed E-state index contributed by atoms with van der Waals surface area (Å²) in [6, 6.07) is 12.5. The summed E-state index contributed by atoms with van der Waals surface area (Å²) in [7, 11) is 1.64. The summed E-state index contributed by atoms with van der Waals surface area (Å²) >= 11 is 0. The monoisotopic (exact) mass is 508 g/mol. The van der Waals surface area contributed by atoms with Gasteiger partial charge in [-0.3, -0.25) is 14.6 Å². The third-order valence-corrected chi connectivity index (χ3v) is 7.02. The number of hydrogen-bond acceptors (Lipinski definition) is 5. The van der Waals surface area contributed by atoms with Gasteiger partial charge >= 0.3 is 12.0 Å². The Morgan fingerprint density at radius 3 is 2.49 bits per heavy atom. The molecule has 2 aromatic carbocycles. The molecule has 0 unspecified atom stereocenters. The molecule has 8 nitrogen and oxygen atoms in total. The molecule has 2 heterocycles. The first-order valence-corrected chi connectivity index (χ1v) is 12.5. The lowest BCUT2D eigenvalue weighted by atomic mass is 9.91. The van der Waals surface area contributed by atoms with Crippen LogP contribution >= 0.6 is 0 Å². The number of nitrogens with zero attached hydrogens (tertiary/aromatic N) is 3. The van der Waals surface area contributed by atoms with E-state index >= 15 is 0 Å². The van der Waals surface area contributed by atoms with Crippen LogP contribution in [0.15, 0.2) is 59.8 Å². The van der Waals surface area contributed by atoms with Gasteiger partial charge in [0.2, 0.25) is 0 Å². The number of esters is 1. The number of piperazine rings is 1. The van der Waals surface area contributed by atoms with E-state index in [1.165, 1.54) is 17.0 Å². The van der Waals surface area contributed by atoms with Crippen molar-refractivity contribution < 1.29 is 23.5 Å². The maximum atomic E-state index is 14.2. The van der Waals surface area contributed by atoms with E-state index in [4.69, 9.17) is 4.74 Å². The van der Waals surface area contributed by atoms with E-state index in [0.717, 1.165) is 11.1 Å². The first kappa shape index (κ1) is 26.3. The van der Waals surface area contributed by atoms with Gasteiger partial charge in [0, 0.05) is 45.0 Å². The number of halogens is 1. The molecule has 0 aromatic heterocycles. The number of aryl methyl sites for hydroxylation is 1. The molecule has 3 amide bonds. The van der Waals surface area contributed by atoms with Crippen LogP contribution in [0.1, 0.15) is 41.4 Å². The highest BCUT2D eigenvalue weighted by Gasteiger charge is 2.39. The topological polar surface area (TPSA) is 82.2 Å². The first-order chi connectivity index (χ1) is 17.7. The van der Waals surface area contributed by atoms with E-state index in [0.29, 0.717) is 37.4 Å². The zero-order chi connectivity index (χ0) is 26.7. The Balaban J connectivity index is 1.62. The predicted octanol–water partition coefficient (Wildman–Crippen LogP) is 3.49. The van der Waals surface area contributed by atoms with Gasteiger partial charge in [-0.2, -0.15) is 0 Å². The van der Waals surface area contributed by atoms with Crippen molar-refractivity contribution in [3.8, 4) is 0 Å². The van der Waals surface area contributed by atoms with E-state index in [1.807, 2.05) is 38.1 Å². The first-order valence-electron chi connectivity index (χ1n) is 12.5. The van der Waals surface area contributed by atoms with Crippen molar-refractivity contribution in [3.05, 3.63) is 82.3 Å². The molecule has 0 spiro atoms. The molecule has 0 radical (unpaired) electrons. The van der Waals surface area contributed by atoms with Crippen LogP contribution in [0.25, 0.3) is 0 Å². The fourth-order valence-corrected chi connectivity index (χ4v) is 5.02. The summed E-state index contributed by atoms with van der Waals surface area (Å²) in [6.45, 7) is 7.55. The number of amides is 3. The quantitative estimate of drug-likeness (QED) is 0.604. The van der Waals surface area contributed by atoms with Gasteiger partial charge in [0.15, 0.2) is 0 Å². The van der Waals surface area contributed by atoms with Crippen LogP contribution in [-0.4, -0.2) is 78.5 Å². The Morgan fingerprint density at radius 2 is 1.81 bits per heavy atom. The molecular weight excluding hydrogens is 475 g/mol. The third kappa shape index (κ3) is 5.36. The Labute approximate surface area is 216 Å². The minimum atomic E-state index is -0.639. The van der Waals surface area contributed by atoms with Crippen LogP contribution in [0.3, 0.4) is 0 Å². The Morgan fingerprint density at radius 1 is 1.11 bits per heavy atom. The van der Waals surface area contributed by atoms with Gasteiger partial charge in [-0.15, -0.1) is 0 Å². The molecule has 2 aromatic rings. The number of ether oxygens (including phenoxy) is 1. The second-order valence-corrected chi connectivity index (χ2v) is 9.44. The van der Waals surface area contributed by atoms with E-state index in [9.17, 15) is 18.8 Å². The molecule has 1 N–H and O–H groups in total. The molecule has 2 atom stereocenters. The summed E-state index contributed by atoms with van der Waals surface area (Å²) in [6.07, 6.45) is 0. The highest BCUT2D eigenvalue weighted by Crippen LogP contribution is 2.33. The van der Waals surface area contributed by atoms with Crippen LogP contribution in [-0.2, 0) is 9.53 Å². The van der Waals surface area contributed by atoms with Crippen LogP contribution in [0.4, 0.5) is 9.18 Å². The number of urea groups is 1. The number of likely N-dealkylation sites (N-methyl/N-ethyl adjacent to an activating group) is 1. The number of rotatable bonds is 6. The normalized spacial score (nSPS) is 20.6. The molecule has 37 heavy (non-hydrogen) atoms. The van der Waals surface area contributed by atoms with Crippen molar-refractivity contribution in [2.45, 2.75) is 32.9 Å². The number of carbonyl (C=O) groups excluding carboxylic acids is 3. The van der Waals surface area contributed by atoms with Crippen molar-refractivity contribution in [1.29, 1.82) is 0 Å². The Hall–Kier alpha value is -3.72. The number of nitrogens with one attached hydrogen (secondary N) is 1. The molecule has 1 saturated heterocycles. The predicted molar refractivity (Wildman–Crippen MR) is 137 cm³/mol. The van der Waals surface area contributed by atoms with Gasteiger partial charge in [0.25, 0.3) is 5.91 Å². The summed E-state index contributed by atoms with van der Waals surface area (Å²) in [4.78, 5) is 44.4. The lowest BCUT2D eigenvalue weighted by Gasteiger charge is -2.42. The van der Waals surface area contributed by atoms with Crippen molar-refractivity contribution in [2.24, 2.45) is 0 Å². The van der Waals surface area contributed by atoms with Gasteiger partial charge in [0.05, 0.1) is 23.8 Å². The lowest BCUT2D eigenvalue weighted by molar-refractivity contribution is -0.139. The highest BCUT2D eigenvalue weighted by molar-refractivity contribution is 5.96. The van der Waals surface area contributed by atoms with Crippen LogP contribution in [0.2, 0.25) is 0 Å². The maximum absolute atomic E-state index is 14.2. The average molecular weight is 509 g/mol. The zero-order valence-corrected chi connectivity index (χ0v) is 21.7. The van der Waals surface area contributed by atoms with Crippen LogP contribution in [0.5, 0.6) is 0 Å². The molecule has 9 heteroatoms. The Bertz CT molecular complexity index is 1230. The van der Waals surface area contributed by atoms with Crippen molar-refractivity contribution in [1.82, 2.24) is 20.0 Å². The number of benzene rings is 2. The molecule has 2 aliphatic heterocycles. The second kappa shape index (κ2) is 11.1. The minimum absolute atomic E-state index is 0.0554. The maximum Gasteiger partial charge on any atom is 0.338 e. The summed E-state index contributed by atoms with van der Waals surface area (Å²) in [5, 5.41) is 2.96. The molecule has 0 aliphatic carbocycles. The highest BCUT2D eigenvalue weighted by atomic mass is 19.1. The number of carbonyl (C=O) groups is 3. The molecule has 4 rings (SSSR count). The zero-order valence-electron chi connectivity index (χ0n) is 21.7. The van der Waals surface area contributed by atoms with E-state index < -0.39 is 17.8 Å². The largest absolute Gasteiger partial charge is 0.463 e. The SMILES string of the molecule is CCOC(=O)C1=C(CN2CCN(C(=O)c3ccccc3F)[C@@H](C)C2)N(C)C(=O)N[C@@H]1c1ccccc1C. The van der Waals surface area contributed by atoms with E-state index in [1.54, 1.807) is 31.0 Å². The van der Waals surface area contributed by atoms with Gasteiger partial charge in [-0.25, -0.2) is 14.0 Å². The molecule has 0 bridgehead atoms. The van der Waals surface area contributed by atoms with Crippen LogP contribution < -0.4 is 5.32 Å². The molecule has 1 fully saturated rings. The van der Waals surface area contributed by atoms with Gasteiger partial charge < -0.3 is 15.0 Å². The van der Waals surface area contributed by atoms with E-state index in [2.05, 4.69) is 10.2 Å². The van der Waals surface area contributed by atoms with Crippen molar-refractivity contribution in [3.63, 3.8) is 0 Å². The van der Waals surface area contributed by atoms with Gasteiger partial charge in [0.1, 0.15) is 5.82 Å². The smallest absolute Gasteiger partial charge is 0.338 e. The number of hydrogen-bond donors (Lipinski definition) is 1. The molecular formula is C28H33FN4O4. The summed E-state index contributed by atoms with van der Waals surface area (Å²) < 4.78 is 19.6. The molecule has 196 valence electrons. The second-order valence-electron chi connectivity index (χ2n) is 9.44.